The number of aliphatic hydroxyl groups is 1. The molecule has 1 atom stereocenters. The molecule has 0 bridgehead atoms. The van der Waals surface area contributed by atoms with Gasteiger partial charge >= 0.3 is 11.0 Å². The Kier molecular flexibility index (Phi) is 9.62. The number of carbonyl (C=O) groups excluding carboxylic acids is 1. The number of amides is 1. The number of ether oxygens (including phenoxy) is 3. The standard InChI is InChI=1S/C31H42N4O7S/c1-30(2,3)42-29(39)35(19-25(37)23-8-9-24(36)26-27(23)43-28(38)33-26)18-21-4-6-22(7-5-21)40-17-15-34-13-10-31(11-14-34)20-32-12-16-41-31/h4-9,25,32,36-37H,10-20H2,1-3H3,(H,33,38)/t25-/m0/s1. The minimum atomic E-state index is -1.12. The molecule has 0 aliphatic carbocycles. The number of aliphatic hydroxyl groups excluding tert-OH is 1. The van der Waals surface area contributed by atoms with Gasteiger partial charge in [0.05, 0.1) is 29.6 Å². The van der Waals surface area contributed by atoms with Gasteiger partial charge in [-0.15, -0.1) is 0 Å². The number of nitrogens with one attached hydrogen (secondary N) is 2. The summed E-state index contributed by atoms with van der Waals surface area (Å²) in [7, 11) is 0. The number of aromatic amines is 1. The van der Waals surface area contributed by atoms with Gasteiger partial charge in [0.1, 0.15) is 29.2 Å². The van der Waals surface area contributed by atoms with Crippen LogP contribution < -0.4 is 14.9 Å². The smallest absolute Gasteiger partial charge is 0.410 e. The summed E-state index contributed by atoms with van der Waals surface area (Å²) in [6, 6.07) is 10.5. The van der Waals surface area contributed by atoms with Crippen LogP contribution in [0.15, 0.2) is 41.2 Å². The number of phenols is 1. The number of benzene rings is 2. The van der Waals surface area contributed by atoms with Crippen LogP contribution >= 0.6 is 11.3 Å². The molecular weight excluding hydrogens is 572 g/mol. The van der Waals surface area contributed by atoms with Gasteiger partial charge in [0.25, 0.3) is 0 Å². The molecule has 2 aliphatic heterocycles. The number of thiazole rings is 1. The number of nitrogens with zero attached hydrogens (tertiary/aromatic N) is 2. The molecule has 2 fully saturated rings. The van der Waals surface area contributed by atoms with Gasteiger partial charge in [-0.25, -0.2) is 4.79 Å². The molecule has 3 heterocycles. The summed E-state index contributed by atoms with van der Waals surface area (Å²) in [5, 5.41) is 24.7. The third-order valence-electron chi connectivity index (χ3n) is 7.87. The molecule has 2 aromatic carbocycles. The van der Waals surface area contributed by atoms with E-state index < -0.39 is 17.8 Å². The molecule has 234 valence electrons. The first-order valence-electron chi connectivity index (χ1n) is 14.8. The predicted octanol–water partition coefficient (Wildman–Crippen LogP) is 3.60. The molecule has 43 heavy (non-hydrogen) atoms. The molecule has 1 aromatic heterocycles. The minimum Gasteiger partial charge on any atom is -0.506 e. The highest BCUT2D eigenvalue weighted by Crippen LogP contribution is 2.32. The first-order valence-corrected chi connectivity index (χ1v) is 15.6. The minimum absolute atomic E-state index is 0.00599. The van der Waals surface area contributed by atoms with E-state index in [1.54, 1.807) is 26.8 Å². The van der Waals surface area contributed by atoms with Crippen molar-refractivity contribution < 1.29 is 29.2 Å². The number of hydrogen-bond donors (Lipinski definition) is 4. The third-order valence-corrected chi connectivity index (χ3v) is 8.80. The Morgan fingerprint density at radius 1 is 1.19 bits per heavy atom. The van der Waals surface area contributed by atoms with Crippen LogP contribution in [0.25, 0.3) is 10.2 Å². The van der Waals surface area contributed by atoms with E-state index in [1.807, 2.05) is 24.3 Å². The van der Waals surface area contributed by atoms with Crippen molar-refractivity contribution in [2.24, 2.45) is 0 Å². The fourth-order valence-electron chi connectivity index (χ4n) is 5.56. The van der Waals surface area contributed by atoms with E-state index in [-0.39, 0.29) is 34.8 Å². The van der Waals surface area contributed by atoms with Crippen LogP contribution in [0.1, 0.15) is 50.8 Å². The first-order chi connectivity index (χ1) is 20.5. The van der Waals surface area contributed by atoms with E-state index in [2.05, 4.69) is 15.2 Å². The van der Waals surface area contributed by atoms with E-state index in [9.17, 15) is 19.8 Å². The lowest BCUT2D eigenvalue weighted by molar-refractivity contribution is -0.100. The molecule has 12 heteroatoms. The number of phenolic OH excluding ortho intramolecular Hbond substituents is 1. The Labute approximate surface area is 255 Å². The molecule has 1 spiro atoms. The molecule has 0 radical (unpaired) electrons. The van der Waals surface area contributed by atoms with Crippen molar-refractivity contribution in [3.63, 3.8) is 0 Å². The Hall–Kier alpha value is -3.16. The van der Waals surface area contributed by atoms with Crippen LogP contribution in [0.5, 0.6) is 11.5 Å². The van der Waals surface area contributed by atoms with Crippen molar-refractivity contribution in [3.05, 3.63) is 57.2 Å². The van der Waals surface area contributed by atoms with E-state index >= 15 is 0 Å². The average molecular weight is 615 g/mol. The lowest BCUT2D eigenvalue weighted by atomic mass is 9.90. The van der Waals surface area contributed by atoms with E-state index in [1.165, 1.54) is 11.0 Å². The van der Waals surface area contributed by atoms with Gasteiger partial charge in [0.15, 0.2) is 0 Å². The quantitative estimate of drug-likeness (QED) is 0.285. The lowest BCUT2D eigenvalue weighted by Crippen LogP contribution is -2.55. The summed E-state index contributed by atoms with van der Waals surface area (Å²) in [4.78, 5) is 31.2. The molecule has 0 unspecified atom stereocenters. The van der Waals surface area contributed by atoms with Crippen molar-refractivity contribution in [2.75, 3.05) is 52.5 Å². The van der Waals surface area contributed by atoms with Crippen LogP contribution in [0.2, 0.25) is 0 Å². The number of rotatable bonds is 9. The molecule has 5 rings (SSSR count). The second-order valence-corrected chi connectivity index (χ2v) is 13.3. The molecule has 4 N–H and O–H groups in total. The maximum Gasteiger partial charge on any atom is 0.410 e. The zero-order chi connectivity index (χ0) is 30.6. The van der Waals surface area contributed by atoms with Gasteiger partial charge in [-0.2, -0.15) is 0 Å². The topological polar surface area (TPSA) is 137 Å². The normalized spacial score (nSPS) is 18.0. The fraction of sp³-hybridized carbons (Fsp3) is 0.548. The van der Waals surface area contributed by atoms with Crippen LogP contribution in [0.4, 0.5) is 4.79 Å². The summed E-state index contributed by atoms with van der Waals surface area (Å²) in [5.74, 6) is 0.668. The largest absolute Gasteiger partial charge is 0.506 e. The summed E-state index contributed by atoms with van der Waals surface area (Å²) >= 11 is 0.902. The molecule has 2 aliphatic rings. The lowest BCUT2D eigenvalue weighted by Gasteiger charge is -2.44. The molecular formula is C31H42N4O7S. The molecule has 1 amide bonds. The van der Waals surface area contributed by atoms with E-state index in [0.29, 0.717) is 16.9 Å². The number of carbonyl (C=O) groups is 1. The van der Waals surface area contributed by atoms with Crippen molar-refractivity contribution in [2.45, 2.75) is 57.5 Å². The Morgan fingerprint density at radius 2 is 1.93 bits per heavy atom. The van der Waals surface area contributed by atoms with Gasteiger partial charge in [-0.3, -0.25) is 9.69 Å². The fourth-order valence-corrected chi connectivity index (χ4v) is 6.47. The average Bonchev–Trinajstić information content (AvgIpc) is 3.36. The SMILES string of the molecule is CC(C)(C)OC(=O)N(Cc1ccc(OCCN2CCC3(CC2)CNCCO3)cc1)C[C@H](O)c1ccc(O)c2[nH]c(=O)sc12. The number of H-pyrrole nitrogens is 1. The maximum atomic E-state index is 13.2. The van der Waals surface area contributed by atoms with Gasteiger partial charge in [0, 0.05) is 44.8 Å². The predicted molar refractivity (Wildman–Crippen MR) is 165 cm³/mol. The van der Waals surface area contributed by atoms with E-state index in [4.69, 9.17) is 14.2 Å². The summed E-state index contributed by atoms with van der Waals surface area (Å²) in [5.41, 5.74) is 0.827. The molecule has 11 nitrogen and oxygen atoms in total. The number of hydrogen-bond acceptors (Lipinski definition) is 10. The number of fused-ring (bicyclic) bond motifs is 1. The van der Waals surface area contributed by atoms with Gasteiger partial charge < -0.3 is 39.6 Å². The second-order valence-electron chi connectivity index (χ2n) is 12.3. The number of aromatic hydroxyl groups is 1. The summed E-state index contributed by atoms with van der Waals surface area (Å²) < 4.78 is 18.2. The van der Waals surface area contributed by atoms with Crippen LogP contribution in [-0.4, -0.2) is 94.8 Å². The molecule has 3 aromatic rings. The zero-order valence-electron chi connectivity index (χ0n) is 25.1. The monoisotopic (exact) mass is 614 g/mol. The van der Waals surface area contributed by atoms with Crippen molar-refractivity contribution in [1.82, 2.24) is 20.1 Å². The highest BCUT2D eigenvalue weighted by atomic mass is 32.1. The van der Waals surface area contributed by atoms with Crippen molar-refractivity contribution in [1.29, 1.82) is 0 Å². The maximum absolute atomic E-state index is 13.2. The highest BCUT2D eigenvalue weighted by Gasteiger charge is 2.36. The number of likely N-dealkylation sites (tertiary alicyclic amines) is 1. The van der Waals surface area contributed by atoms with Crippen LogP contribution in [0, 0.1) is 0 Å². The number of morpholine rings is 1. The zero-order valence-corrected chi connectivity index (χ0v) is 25.9. The number of aromatic nitrogens is 1. The molecule has 2 saturated heterocycles. The first kappa shape index (κ1) is 31.3. The van der Waals surface area contributed by atoms with Gasteiger partial charge in [0.2, 0.25) is 0 Å². The Morgan fingerprint density at radius 3 is 2.60 bits per heavy atom. The van der Waals surface area contributed by atoms with Crippen molar-refractivity contribution in [3.8, 4) is 11.5 Å². The van der Waals surface area contributed by atoms with Crippen LogP contribution in [0.3, 0.4) is 0 Å². The number of piperidine rings is 1. The third kappa shape index (κ3) is 8.07. The molecule has 0 saturated carbocycles. The van der Waals surface area contributed by atoms with Crippen molar-refractivity contribution >= 4 is 27.6 Å². The Bertz CT molecular complexity index is 1430. The summed E-state index contributed by atoms with van der Waals surface area (Å²) in [6.07, 6.45) is 0.374. The second kappa shape index (κ2) is 13.2. The highest BCUT2D eigenvalue weighted by molar-refractivity contribution is 7.16. The van der Waals surface area contributed by atoms with Crippen LogP contribution in [-0.2, 0) is 16.0 Å². The Balaban J connectivity index is 1.18. The van der Waals surface area contributed by atoms with Gasteiger partial charge in [-0.05, 0) is 57.4 Å². The summed E-state index contributed by atoms with van der Waals surface area (Å²) in [6.45, 7) is 11.5. The van der Waals surface area contributed by atoms with Gasteiger partial charge in [-0.1, -0.05) is 29.5 Å². The van der Waals surface area contributed by atoms with E-state index in [0.717, 1.165) is 74.8 Å².